The number of nitrogens with zero attached hydrogens (tertiary/aromatic N) is 2. The van der Waals surface area contributed by atoms with Crippen LogP contribution in [0.5, 0.6) is 0 Å². The average Bonchev–Trinajstić information content (AvgIpc) is 2.58. The van der Waals surface area contributed by atoms with Gasteiger partial charge in [-0.25, -0.2) is 4.98 Å². The number of hydrogen-bond acceptors (Lipinski definition) is 2. The van der Waals surface area contributed by atoms with E-state index in [0.29, 0.717) is 12.5 Å². The first-order chi connectivity index (χ1) is 8.52. The molecule has 98 valence electrons. The van der Waals surface area contributed by atoms with Crippen LogP contribution in [0.1, 0.15) is 30.8 Å². The highest BCUT2D eigenvalue weighted by Gasteiger charge is 2.12. The highest BCUT2D eigenvalue weighted by atomic mass is 15.1. The molecule has 3 heteroatoms. The third-order valence-electron chi connectivity index (χ3n) is 3.36. The van der Waals surface area contributed by atoms with Gasteiger partial charge >= 0.3 is 0 Å². The van der Waals surface area contributed by atoms with Crippen LogP contribution in [0.25, 0.3) is 11.0 Å². The van der Waals surface area contributed by atoms with E-state index in [0.717, 1.165) is 24.3 Å². The molecule has 1 aromatic heterocycles. The lowest BCUT2D eigenvalue weighted by Crippen LogP contribution is -2.12. The third kappa shape index (κ3) is 2.41. The number of hydrogen-bond donors (Lipinski definition) is 1. The molecule has 0 unspecified atom stereocenters. The second-order valence-electron chi connectivity index (χ2n) is 5.50. The van der Waals surface area contributed by atoms with E-state index < -0.39 is 0 Å². The first kappa shape index (κ1) is 13.1. The van der Waals surface area contributed by atoms with Crippen molar-refractivity contribution < 1.29 is 0 Å². The summed E-state index contributed by atoms with van der Waals surface area (Å²) in [6.07, 6.45) is 0.847. The molecule has 0 fully saturated rings. The minimum absolute atomic E-state index is 0.612. The summed E-state index contributed by atoms with van der Waals surface area (Å²) in [5, 5.41) is 0. The van der Waals surface area contributed by atoms with Crippen molar-refractivity contribution in [1.29, 1.82) is 0 Å². The Morgan fingerprint density at radius 3 is 2.50 bits per heavy atom. The molecule has 0 saturated carbocycles. The van der Waals surface area contributed by atoms with Crippen molar-refractivity contribution in [2.75, 3.05) is 6.54 Å². The zero-order valence-corrected chi connectivity index (χ0v) is 11.8. The summed E-state index contributed by atoms with van der Waals surface area (Å²) in [6, 6.07) is 4.43. The highest BCUT2D eigenvalue weighted by Crippen LogP contribution is 2.22. The van der Waals surface area contributed by atoms with E-state index in [1.807, 2.05) is 0 Å². The Kier molecular flexibility index (Phi) is 3.71. The molecule has 0 aliphatic heterocycles. The van der Waals surface area contributed by atoms with Gasteiger partial charge in [-0.2, -0.15) is 0 Å². The topological polar surface area (TPSA) is 43.8 Å². The maximum Gasteiger partial charge on any atom is 0.111 e. The fraction of sp³-hybridized carbons (Fsp3) is 0.533. The van der Waals surface area contributed by atoms with Gasteiger partial charge in [0.05, 0.1) is 11.0 Å². The summed E-state index contributed by atoms with van der Waals surface area (Å²) in [7, 11) is 0. The molecule has 2 N–H and O–H groups in total. The standard InChI is InChI=1S/C15H23N3/c1-10(2)9-18-14-8-12(4)11(3)7-13(14)17-15(18)5-6-16/h7-8,10H,5-6,9,16H2,1-4H3. The van der Waals surface area contributed by atoms with Crippen molar-refractivity contribution in [3.05, 3.63) is 29.1 Å². The molecule has 1 aromatic carbocycles. The molecule has 0 bridgehead atoms. The van der Waals surface area contributed by atoms with Crippen LogP contribution in [0.4, 0.5) is 0 Å². The summed E-state index contributed by atoms with van der Waals surface area (Å²) in [4.78, 5) is 4.74. The van der Waals surface area contributed by atoms with Crippen LogP contribution >= 0.6 is 0 Å². The van der Waals surface area contributed by atoms with Gasteiger partial charge in [0.1, 0.15) is 5.82 Å². The van der Waals surface area contributed by atoms with Crippen molar-refractivity contribution in [3.63, 3.8) is 0 Å². The van der Waals surface area contributed by atoms with Crippen molar-refractivity contribution in [1.82, 2.24) is 9.55 Å². The van der Waals surface area contributed by atoms with Gasteiger partial charge in [0.25, 0.3) is 0 Å². The van der Waals surface area contributed by atoms with Crippen LogP contribution < -0.4 is 5.73 Å². The number of aromatic nitrogens is 2. The molecule has 0 amide bonds. The molecule has 0 radical (unpaired) electrons. The van der Waals surface area contributed by atoms with Crippen molar-refractivity contribution in [2.45, 2.75) is 40.7 Å². The number of aryl methyl sites for hydroxylation is 2. The first-order valence-corrected chi connectivity index (χ1v) is 6.69. The lowest BCUT2D eigenvalue weighted by atomic mass is 10.1. The van der Waals surface area contributed by atoms with Gasteiger partial charge in [-0.1, -0.05) is 13.8 Å². The molecule has 2 rings (SSSR count). The summed E-state index contributed by atoms with van der Waals surface area (Å²) in [5.74, 6) is 1.73. The second kappa shape index (κ2) is 5.11. The number of fused-ring (bicyclic) bond motifs is 1. The number of benzene rings is 1. The van der Waals surface area contributed by atoms with Crippen LogP contribution in [0.15, 0.2) is 12.1 Å². The van der Waals surface area contributed by atoms with Crippen LogP contribution in [0, 0.1) is 19.8 Å². The van der Waals surface area contributed by atoms with Crippen molar-refractivity contribution >= 4 is 11.0 Å². The maximum atomic E-state index is 5.69. The predicted molar refractivity (Wildman–Crippen MR) is 76.8 cm³/mol. The van der Waals surface area contributed by atoms with Gasteiger partial charge in [0.15, 0.2) is 0 Å². The predicted octanol–water partition coefficient (Wildman–Crippen LogP) is 2.81. The molecule has 0 spiro atoms. The molecule has 2 aromatic rings. The average molecular weight is 245 g/mol. The first-order valence-electron chi connectivity index (χ1n) is 6.69. The third-order valence-corrected chi connectivity index (χ3v) is 3.36. The van der Waals surface area contributed by atoms with E-state index in [1.54, 1.807) is 0 Å². The second-order valence-corrected chi connectivity index (χ2v) is 5.50. The van der Waals surface area contributed by atoms with E-state index in [1.165, 1.54) is 16.6 Å². The van der Waals surface area contributed by atoms with Crippen LogP contribution in [-0.2, 0) is 13.0 Å². The minimum atomic E-state index is 0.612. The summed E-state index contributed by atoms with van der Waals surface area (Å²) >= 11 is 0. The van der Waals surface area contributed by atoms with Gasteiger partial charge in [-0.15, -0.1) is 0 Å². The normalized spacial score (nSPS) is 11.7. The lowest BCUT2D eigenvalue weighted by molar-refractivity contribution is 0.517. The molecule has 0 atom stereocenters. The molecule has 0 saturated heterocycles. The molecule has 3 nitrogen and oxygen atoms in total. The Bertz CT molecular complexity index is 552. The molecular weight excluding hydrogens is 222 g/mol. The van der Waals surface area contributed by atoms with E-state index in [2.05, 4.69) is 44.4 Å². The van der Waals surface area contributed by atoms with E-state index in [9.17, 15) is 0 Å². The Hall–Kier alpha value is -1.35. The lowest BCUT2D eigenvalue weighted by Gasteiger charge is -2.11. The number of imidazole rings is 1. The Balaban J connectivity index is 2.60. The molecule has 0 aliphatic rings. The van der Waals surface area contributed by atoms with E-state index >= 15 is 0 Å². The SMILES string of the molecule is Cc1cc2nc(CCN)n(CC(C)C)c2cc1C. The highest BCUT2D eigenvalue weighted by molar-refractivity contribution is 5.78. The van der Waals surface area contributed by atoms with Crippen molar-refractivity contribution in [3.8, 4) is 0 Å². The number of nitrogens with two attached hydrogens (primary N) is 1. The monoisotopic (exact) mass is 245 g/mol. The van der Waals surface area contributed by atoms with Gasteiger partial charge in [0, 0.05) is 13.0 Å². The van der Waals surface area contributed by atoms with Crippen LogP contribution in [0.2, 0.25) is 0 Å². The fourth-order valence-electron chi connectivity index (χ4n) is 2.32. The van der Waals surface area contributed by atoms with Crippen LogP contribution in [0.3, 0.4) is 0 Å². The van der Waals surface area contributed by atoms with Crippen molar-refractivity contribution in [2.24, 2.45) is 11.7 Å². The summed E-state index contributed by atoms with van der Waals surface area (Å²) < 4.78 is 2.33. The zero-order valence-electron chi connectivity index (χ0n) is 11.8. The Morgan fingerprint density at radius 1 is 1.22 bits per heavy atom. The van der Waals surface area contributed by atoms with Gasteiger partial charge in [-0.3, -0.25) is 0 Å². The maximum absolute atomic E-state index is 5.69. The minimum Gasteiger partial charge on any atom is -0.330 e. The quantitative estimate of drug-likeness (QED) is 0.900. The largest absolute Gasteiger partial charge is 0.330 e. The molecule has 1 heterocycles. The smallest absolute Gasteiger partial charge is 0.111 e. The fourth-order valence-corrected chi connectivity index (χ4v) is 2.32. The molecular formula is C15H23N3. The zero-order chi connectivity index (χ0) is 13.3. The summed E-state index contributed by atoms with van der Waals surface area (Å²) in [5.41, 5.74) is 10.7. The Morgan fingerprint density at radius 2 is 1.89 bits per heavy atom. The van der Waals surface area contributed by atoms with E-state index in [-0.39, 0.29) is 0 Å². The molecule has 18 heavy (non-hydrogen) atoms. The Labute approximate surface area is 109 Å². The van der Waals surface area contributed by atoms with Gasteiger partial charge in [0.2, 0.25) is 0 Å². The summed E-state index contributed by atoms with van der Waals surface area (Å²) in [6.45, 7) is 10.4. The molecule has 0 aliphatic carbocycles. The van der Waals surface area contributed by atoms with Crippen LogP contribution in [-0.4, -0.2) is 16.1 Å². The van der Waals surface area contributed by atoms with E-state index in [4.69, 9.17) is 10.7 Å². The van der Waals surface area contributed by atoms with Gasteiger partial charge < -0.3 is 10.3 Å². The van der Waals surface area contributed by atoms with Gasteiger partial charge in [-0.05, 0) is 49.6 Å². The number of rotatable bonds is 4.